The molecule has 116 valence electrons. The van der Waals surface area contributed by atoms with Gasteiger partial charge in [0.15, 0.2) is 5.13 Å². The molecule has 2 fully saturated rings. The van der Waals surface area contributed by atoms with Gasteiger partial charge in [0.1, 0.15) is 10.7 Å². The zero-order valence-corrected chi connectivity index (χ0v) is 13.6. The van der Waals surface area contributed by atoms with E-state index in [4.69, 9.17) is 5.73 Å². The van der Waals surface area contributed by atoms with Crippen LogP contribution in [-0.4, -0.2) is 30.5 Å². The number of nitrogen functional groups attached to an aromatic ring is 1. The largest absolute Gasteiger partial charge is 0.382 e. The maximum atomic E-state index is 12.4. The second-order valence-electron chi connectivity index (χ2n) is 6.20. The molecule has 1 aromatic heterocycles. The van der Waals surface area contributed by atoms with Crippen molar-refractivity contribution in [2.45, 2.75) is 39.5 Å². The first-order valence-corrected chi connectivity index (χ1v) is 8.70. The van der Waals surface area contributed by atoms with E-state index in [1.54, 1.807) is 0 Å². The molecule has 0 aromatic carbocycles. The smallest absolute Gasteiger partial charge is 0.265 e. The van der Waals surface area contributed by atoms with Crippen LogP contribution in [0, 0.1) is 11.3 Å². The monoisotopic (exact) mass is 308 g/mol. The highest BCUT2D eigenvalue weighted by molar-refractivity contribution is 7.18. The summed E-state index contributed by atoms with van der Waals surface area (Å²) in [5.41, 5.74) is 6.34. The van der Waals surface area contributed by atoms with Gasteiger partial charge >= 0.3 is 0 Å². The fourth-order valence-electron chi connectivity index (χ4n) is 3.03. The summed E-state index contributed by atoms with van der Waals surface area (Å²) in [6.45, 7) is 6.69. The maximum Gasteiger partial charge on any atom is 0.265 e. The summed E-state index contributed by atoms with van der Waals surface area (Å²) in [5.74, 6) is 1.15. The van der Waals surface area contributed by atoms with E-state index in [0.717, 1.165) is 30.7 Å². The van der Waals surface area contributed by atoms with Crippen molar-refractivity contribution in [3.05, 3.63) is 4.88 Å². The number of rotatable bonds is 7. The number of carbonyl (C=O) groups is 1. The van der Waals surface area contributed by atoms with E-state index in [1.807, 2.05) is 0 Å². The first kappa shape index (κ1) is 14.6. The van der Waals surface area contributed by atoms with Gasteiger partial charge in [-0.2, -0.15) is 0 Å². The number of aromatic nitrogens is 1. The van der Waals surface area contributed by atoms with Crippen LogP contribution in [0.2, 0.25) is 0 Å². The third-order valence-electron chi connectivity index (χ3n) is 4.82. The molecular formula is C15H24N4OS. The SMILES string of the molecule is CCN(CC)c1nc(N)c(C(=O)NCC2(C3CC3)CC2)s1. The predicted molar refractivity (Wildman–Crippen MR) is 86.8 cm³/mol. The fraction of sp³-hybridized carbons (Fsp3) is 0.733. The first-order chi connectivity index (χ1) is 10.1. The van der Waals surface area contributed by atoms with Gasteiger partial charge in [0, 0.05) is 19.6 Å². The van der Waals surface area contributed by atoms with Crippen molar-refractivity contribution >= 4 is 28.2 Å². The maximum absolute atomic E-state index is 12.4. The van der Waals surface area contributed by atoms with Crippen molar-refractivity contribution in [2.75, 3.05) is 30.3 Å². The molecule has 0 saturated heterocycles. The van der Waals surface area contributed by atoms with E-state index in [-0.39, 0.29) is 5.91 Å². The van der Waals surface area contributed by atoms with Crippen molar-refractivity contribution in [1.29, 1.82) is 0 Å². The molecule has 0 spiro atoms. The Balaban J connectivity index is 1.64. The van der Waals surface area contributed by atoms with Crippen LogP contribution in [-0.2, 0) is 0 Å². The normalized spacial score (nSPS) is 19.3. The summed E-state index contributed by atoms with van der Waals surface area (Å²) in [6, 6.07) is 0. The van der Waals surface area contributed by atoms with Gasteiger partial charge in [0.2, 0.25) is 0 Å². The van der Waals surface area contributed by atoms with Crippen LogP contribution in [0.3, 0.4) is 0 Å². The van der Waals surface area contributed by atoms with Crippen LogP contribution in [0.15, 0.2) is 0 Å². The van der Waals surface area contributed by atoms with E-state index in [1.165, 1.54) is 37.0 Å². The Morgan fingerprint density at radius 2 is 2.10 bits per heavy atom. The number of carbonyl (C=O) groups excluding carboxylic acids is 1. The topological polar surface area (TPSA) is 71.2 Å². The highest BCUT2D eigenvalue weighted by Gasteiger charge is 2.53. The lowest BCUT2D eigenvalue weighted by atomic mass is 10.0. The minimum atomic E-state index is -0.0599. The van der Waals surface area contributed by atoms with Gasteiger partial charge in [-0.25, -0.2) is 4.98 Å². The molecule has 3 rings (SSSR count). The highest BCUT2D eigenvalue weighted by atomic mass is 32.1. The highest BCUT2D eigenvalue weighted by Crippen LogP contribution is 2.60. The predicted octanol–water partition coefficient (Wildman–Crippen LogP) is 2.49. The Morgan fingerprint density at radius 3 is 2.62 bits per heavy atom. The van der Waals surface area contributed by atoms with E-state index < -0.39 is 0 Å². The Kier molecular flexibility index (Phi) is 3.82. The van der Waals surface area contributed by atoms with E-state index in [2.05, 4.69) is 29.0 Å². The Bertz CT molecular complexity index is 530. The van der Waals surface area contributed by atoms with Gasteiger partial charge in [-0.05, 0) is 50.9 Å². The lowest BCUT2D eigenvalue weighted by molar-refractivity contribution is 0.0947. The molecule has 2 aliphatic rings. The fourth-order valence-corrected chi connectivity index (χ4v) is 4.06. The number of nitrogens with two attached hydrogens (primary N) is 1. The van der Waals surface area contributed by atoms with Gasteiger partial charge in [-0.1, -0.05) is 11.3 Å². The minimum Gasteiger partial charge on any atom is -0.382 e. The summed E-state index contributed by atoms with van der Waals surface area (Å²) >= 11 is 1.40. The molecular weight excluding hydrogens is 284 g/mol. The summed E-state index contributed by atoms with van der Waals surface area (Å²) in [6.07, 6.45) is 5.21. The van der Waals surface area contributed by atoms with Crippen molar-refractivity contribution in [3.63, 3.8) is 0 Å². The molecule has 0 aliphatic heterocycles. The quantitative estimate of drug-likeness (QED) is 0.812. The van der Waals surface area contributed by atoms with Gasteiger partial charge in [-0.3, -0.25) is 4.79 Å². The van der Waals surface area contributed by atoms with Crippen LogP contribution < -0.4 is 16.0 Å². The van der Waals surface area contributed by atoms with Crippen molar-refractivity contribution in [2.24, 2.45) is 11.3 Å². The number of nitrogens with zero attached hydrogens (tertiary/aromatic N) is 2. The molecule has 1 amide bonds. The molecule has 2 aliphatic carbocycles. The third kappa shape index (κ3) is 2.86. The van der Waals surface area contributed by atoms with E-state index >= 15 is 0 Å². The standard InChI is InChI=1S/C15H24N4OS/c1-3-19(4-2)14-18-12(16)11(21-14)13(20)17-9-15(7-8-15)10-5-6-10/h10H,3-9,16H2,1-2H3,(H,17,20). The summed E-state index contributed by atoms with van der Waals surface area (Å²) in [7, 11) is 0. The van der Waals surface area contributed by atoms with Gasteiger partial charge in [-0.15, -0.1) is 0 Å². The van der Waals surface area contributed by atoms with Crippen molar-refractivity contribution in [1.82, 2.24) is 10.3 Å². The van der Waals surface area contributed by atoms with Crippen LogP contribution in [0.25, 0.3) is 0 Å². The number of nitrogens with one attached hydrogen (secondary N) is 1. The zero-order valence-electron chi connectivity index (χ0n) is 12.8. The molecule has 0 atom stereocenters. The Hall–Kier alpha value is -1.30. The average molecular weight is 308 g/mol. The van der Waals surface area contributed by atoms with Crippen molar-refractivity contribution in [3.8, 4) is 0 Å². The summed E-state index contributed by atoms with van der Waals surface area (Å²) in [4.78, 5) is 19.4. The number of anilines is 2. The molecule has 5 nitrogen and oxygen atoms in total. The Morgan fingerprint density at radius 1 is 1.43 bits per heavy atom. The molecule has 0 radical (unpaired) electrons. The molecule has 21 heavy (non-hydrogen) atoms. The molecule has 0 unspecified atom stereocenters. The second-order valence-corrected chi connectivity index (χ2v) is 7.18. The number of hydrogen-bond donors (Lipinski definition) is 2. The molecule has 6 heteroatoms. The van der Waals surface area contributed by atoms with E-state index in [9.17, 15) is 4.79 Å². The average Bonchev–Trinajstić information content (AvgIpc) is 3.36. The molecule has 1 aromatic rings. The third-order valence-corrected chi connectivity index (χ3v) is 5.95. The zero-order chi connectivity index (χ0) is 15.0. The lowest BCUT2D eigenvalue weighted by Crippen LogP contribution is -2.31. The number of thiazole rings is 1. The lowest BCUT2D eigenvalue weighted by Gasteiger charge is -2.16. The number of amides is 1. The van der Waals surface area contributed by atoms with Crippen LogP contribution in [0.5, 0.6) is 0 Å². The second kappa shape index (κ2) is 5.48. The molecule has 2 saturated carbocycles. The summed E-state index contributed by atoms with van der Waals surface area (Å²) in [5, 5.41) is 3.92. The van der Waals surface area contributed by atoms with Crippen LogP contribution >= 0.6 is 11.3 Å². The Labute approximate surface area is 129 Å². The van der Waals surface area contributed by atoms with Crippen LogP contribution in [0.4, 0.5) is 10.9 Å². The van der Waals surface area contributed by atoms with E-state index in [0.29, 0.717) is 16.1 Å². The number of hydrogen-bond acceptors (Lipinski definition) is 5. The first-order valence-electron chi connectivity index (χ1n) is 7.89. The minimum absolute atomic E-state index is 0.0599. The van der Waals surface area contributed by atoms with Gasteiger partial charge in [0.05, 0.1) is 0 Å². The molecule has 1 heterocycles. The molecule has 0 bridgehead atoms. The summed E-state index contributed by atoms with van der Waals surface area (Å²) < 4.78 is 0. The van der Waals surface area contributed by atoms with Crippen LogP contribution in [0.1, 0.15) is 49.2 Å². The molecule has 3 N–H and O–H groups in total. The van der Waals surface area contributed by atoms with Gasteiger partial charge < -0.3 is 16.0 Å². The van der Waals surface area contributed by atoms with Gasteiger partial charge in [0.25, 0.3) is 5.91 Å². The van der Waals surface area contributed by atoms with Crippen molar-refractivity contribution < 1.29 is 4.79 Å².